The highest BCUT2D eigenvalue weighted by molar-refractivity contribution is 5.62. The maximum absolute atomic E-state index is 5.19. The van der Waals surface area contributed by atoms with Crippen LogP contribution in [0, 0.1) is 0 Å². The molecule has 1 atom stereocenters. The van der Waals surface area contributed by atoms with Gasteiger partial charge in [0, 0.05) is 0 Å². The predicted molar refractivity (Wildman–Crippen MR) is 81.0 cm³/mol. The number of ether oxygens (including phenoxy) is 1. The summed E-state index contributed by atoms with van der Waals surface area (Å²) >= 11 is 0. The van der Waals surface area contributed by atoms with Gasteiger partial charge in [-0.25, -0.2) is 0 Å². The zero-order chi connectivity index (χ0) is 13.3. The lowest BCUT2D eigenvalue weighted by Gasteiger charge is -2.12. The molecule has 0 fully saturated rings. The summed E-state index contributed by atoms with van der Waals surface area (Å²) in [5.74, 6) is 0. The molecule has 1 unspecified atom stereocenters. The highest BCUT2D eigenvalue weighted by Gasteiger charge is 2.00. The van der Waals surface area contributed by atoms with Crippen molar-refractivity contribution in [2.45, 2.75) is 19.4 Å². The minimum absolute atomic E-state index is 0.449. The Balaban J connectivity index is 0.000000163. The quantitative estimate of drug-likeness (QED) is 0.668. The third-order valence-electron chi connectivity index (χ3n) is 2.99. The lowest BCUT2D eigenvalue weighted by molar-refractivity contribution is 0.0821. The van der Waals surface area contributed by atoms with Crippen molar-refractivity contribution in [2.75, 3.05) is 6.61 Å². The molecule has 98 valence electrons. The molecule has 3 rings (SSSR count). The van der Waals surface area contributed by atoms with Gasteiger partial charge in [0.25, 0.3) is 0 Å². The summed E-state index contributed by atoms with van der Waals surface area (Å²) in [5.41, 5.74) is 2.55. The first kappa shape index (κ1) is 13.6. The van der Waals surface area contributed by atoms with Crippen LogP contribution >= 0.6 is 0 Å². The Bertz CT molecular complexity index is 450. The molecular weight excluding hydrogens is 232 g/mol. The summed E-state index contributed by atoms with van der Waals surface area (Å²) in [4.78, 5) is 0. The molecule has 0 radical (unpaired) electrons. The van der Waals surface area contributed by atoms with E-state index >= 15 is 0 Å². The van der Waals surface area contributed by atoms with Crippen molar-refractivity contribution in [2.24, 2.45) is 0 Å². The van der Waals surface area contributed by atoms with Gasteiger partial charge in [-0.3, -0.25) is 0 Å². The Morgan fingerprint density at radius 2 is 1.32 bits per heavy atom. The molecular formula is C18H20O. The van der Waals surface area contributed by atoms with Crippen molar-refractivity contribution in [3.63, 3.8) is 0 Å². The van der Waals surface area contributed by atoms with E-state index in [2.05, 4.69) is 67.6 Å². The second-order valence-electron chi connectivity index (χ2n) is 4.58. The second kappa shape index (κ2) is 7.55. The van der Waals surface area contributed by atoms with Crippen LogP contribution < -0.4 is 0 Å². The van der Waals surface area contributed by atoms with E-state index in [1.54, 1.807) is 0 Å². The van der Waals surface area contributed by atoms with E-state index in [9.17, 15) is 0 Å². The number of rotatable bonds is 1. The molecule has 2 aromatic rings. The summed E-state index contributed by atoms with van der Waals surface area (Å²) in [6.07, 6.45) is 5.75. The predicted octanol–water partition coefficient (Wildman–Crippen LogP) is 4.71. The molecule has 1 nitrogen and oxygen atoms in total. The fraction of sp³-hybridized carbons (Fsp3) is 0.222. The molecule has 19 heavy (non-hydrogen) atoms. The summed E-state index contributed by atoms with van der Waals surface area (Å²) in [6, 6.07) is 20.8. The molecule has 1 heterocycles. The largest absolute Gasteiger partial charge is 0.374 e. The van der Waals surface area contributed by atoms with Gasteiger partial charge in [0.15, 0.2) is 0 Å². The van der Waals surface area contributed by atoms with Gasteiger partial charge in [0.1, 0.15) is 0 Å². The summed E-state index contributed by atoms with van der Waals surface area (Å²) < 4.78 is 5.19. The van der Waals surface area contributed by atoms with E-state index in [0.717, 1.165) is 13.0 Å². The van der Waals surface area contributed by atoms with Crippen molar-refractivity contribution in [3.05, 3.63) is 72.8 Å². The zero-order valence-corrected chi connectivity index (χ0v) is 11.3. The first-order chi connectivity index (χ1) is 9.36. The number of benzene rings is 2. The minimum Gasteiger partial charge on any atom is -0.374 e. The first-order valence-electron chi connectivity index (χ1n) is 6.73. The molecule has 0 amide bonds. The molecule has 1 aliphatic heterocycles. The standard InChI is InChI=1S/C12H10.C6H10O/c1-3-7-11(8-4-1)12-9-5-2-6-10-12;1-6-4-2-3-5-7-6/h1-10H;2-3,6H,4-5H2,1H3. The normalized spacial score (nSPS) is 17.4. The monoisotopic (exact) mass is 252 g/mol. The molecule has 0 N–H and O–H groups in total. The minimum atomic E-state index is 0.449. The Labute approximate surface area is 115 Å². The van der Waals surface area contributed by atoms with Gasteiger partial charge in [-0.2, -0.15) is 0 Å². The van der Waals surface area contributed by atoms with E-state index < -0.39 is 0 Å². The van der Waals surface area contributed by atoms with E-state index in [1.807, 2.05) is 12.1 Å². The first-order valence-corrected chi connectivity index (χ1v) is 6.73. The summed E-state index contributed by atoms with van der Waals surface area (Å²) in [7, 11) is 0. The molecule has 0 spiro atoms. The fourth-order valence-electron chi connectivity index (χ4n) is 1.90. The lowest BCUT2D eigenvalue weighted by Crippen LogP contribution is -2.09. The van der Waals surface area contributed by atoms with Crippen LogP contribution in [0.3, 0.4) is 0 Å². The van der Waals surface area contributed by atoms with Crippen molar-refractivity contribution in [1.82, 2.24) is 0 Å². The van der Waals surface area contributed by atoms with E-state index in [4.69, 9.17) is 4.74 Å². The molecule has 0 aliphatic carbocycles. The fourth-order valence-corrected chi connectivity index (χ4v) is 1.90. The molecule has 0 aromatic heterocycles. The average molecular weight is 252 g/mol. The van der Waals surface area contributed by atoms with Crippen LogP contribution in [0.2, 0.25) is 0 Å². The third-order valence-corrected chi connectivity index (χ3v) is 2.99. The van der Waals surface area contributed by atoms with Crippen molar-refractivity contribution < 1.29 is 4.74 Å². The van der Waals surface area contributed by atoms with Crippen LogP contribution in [0.4, 0.5) is 0 Å². The van der Waals surface area contributed by atoms with Gasteiger partial charge in [-0.1, -0.05) is 72.8 Å². The highest BCUT2D eigenvalue weighted by atomic mass is 16.5. The Kier molecular flexibility index (Phi) is 5.39. The van der Waals surface area contributed by atoms with Crippen LogP contribution in [-0.4, -0.2) is 12.7 Å². The Morgan fingerprint density at radius 1 is 0.789 bits per heavy atom. The van der Waals surface area contributed by atoms with Crippen LogP contribution in [0.25, 0.3) is 11.1 Å². The molecule has 1 aliphatic rings. The van der Waals surface area contributed by atoms with Gasteiger partial charge in [-0.05, 0) is 24.5 Å². The number of hydrogen-bond acceptors (Lipinski definition) is 1. The molecule has 1 heteroatoms. The topological polar surface area (TPSA) is 9.23 Å². The van der Waals surface area contributed by atoms with E-state index in [0.29, 0.717) is 6.10 Å². The lowest BCUT2D eigenvalue weighted by atomic mass is 10.1. The van der Waals surface area contributed by atoms with Crippen LogP contribution in [0.5, 0.6) is 0 Å². The smallest absolute Gasteiger partial charge is 0.0651 e. The van der Waals surface area contributed by atoms with Crippen LogP contribution in [0.1, 0.15) is 13.3 Å². The summed E-state index contributed by atoms with van der Waals surface area (Å²) in [6.45, 7) is 2.89. The summed E-state index contributed by atoms with van der Waals surface area (Å²) in [5, 5.41) is 0. The van der Waals surface area contributed by atoms with Gasteiger partial charge in [0.2, 0.25) is 0 Å². The average Bonchev–Trinajstić information content (AvgIpc) is 2.51. The molecule has 0 saturated heterocycles. The maximum Gasteiger partial charge on any atom is 0.0651 e. The van der Waals surface area contributed by atoms with Crippen LogP contribution in [0.15, 0.2) is 72.8 Å². The SMILES string of the molecule is CC1CC=CCO1.c1ccc(-c2ccccc2)cc1. The van der Waals surface area contributed by atoms with Crippen molar-refractivity contribution >= 4 is 0 Å². The van der Waals surface area contributed by atoms with E-state index in [1.165, 1.54) is 11.1 Å². The molecule has 0 saturated carbocycles. The Morgan fingerprint density at radius 3 is 1.63 bits per heavy atom. The second-order valence-corrected chi connectivity index (χ2v) is 4.58. The van der Waals surface area contributed by atoms with Crippen molar-refractivity contribution in [1.29, 1.82) is 0 Å². The van der Waals surface area contributed by atoms with E-state index in [-0.39, 0.29) is 0 Å². The van der Waals surface area contributed by atoms with Gasteiger partial charge in [0.05, 0.1) is 12.7 Å². The highest BCUT2D eigenvalue weighted by Crippen LogP contribution is 2.17. The third kappa shape index (κ3) is 4.72. The van der Waals surface area contributed by atoms with Gasteiger partial charge >= 0.3 is 0 Å². The van der Waals surface area contributed by atoms with Crippen LogP contribution in [-0.2, 0) is 4.74 Å². The Hall–Kier alpha value is -1.86. The van der Waals surface area contributed by atoms with Gasteiger partial charge < -0.3 is 4.74 Å². The maximum atomic E-state index is 5.19. The molecule has 0 bridgehead atoms. The molecule has 2 aromatic carbocycles. The zero-order valence-electron chi connectivity index (χ0n) is 11.3. The van der Waals surface area contributed by atoms with Gasteiger partial charge in [-0.15, -0.1) is 0 Å². The van der Waals surface area contributed by atoms with Crippen molar-refractivity contribution in [3.8, 4) is 11.1 Å². The number of hydrogen-bond donors (Lipinski definition) is 0.